The van der Waals surface area contributed by atoms with Gasteiger partial charge in [-0.3, -0.25) is 0 Å². The Labute approximate surface area is 116 Å². The summed E-state index contributed by atoms with van der Waals surface area (Å²) in [6.45, 7) is 3.37. The van der Waals surface area contributed by atoms with Crippen molar-refractivity contribution in [3.05, 3.63) is 10.7 Å². The van der Waals surface area contributed by atoms with Gasteiger partial charge in [-0.05, 0) is 61.2 Å². The van der Waals surface area contributed by atoms with Crippen LogP contribution in [0.25, 0.3) is 0 Å². The van der Waals surface area contributed by atoms with Crippen molar-refractivity contribution >= 4 is 27.7 Å². The number of rotatable bonds is 4. The molecule has 1 fully saturated rings. The standard InChI is InChI=1S/C12H20BrN5/c1-18-6-3-9(4-7-18)2-5-15-11-10(13)8-16-12(14)17-11/h8-9H,2-7H2,1H3,(H3,14,15,16,17). The summed E-state index contributed by atoms with van der Waals surface area (Å²) >= 11 is 3.41. The molecule has 0 amide bonds. The lowest BCUT2D eigenvalue weighted by Crippen LogP contribution is -2.30. The molecule has 6 heteroatoms. The van der Waals surface area contributed by atoms with Crippen LogP contribution in [0.5, 0.6) is 0 Å². The van der Waals surface area contributed by atoms with Gasteiger partial charge in [0.1, 0.15) is 5.82 Å². The number of likely N-dealkylation sites (tertiary alicyclic amines) is 1. The number of nitrogens with one attached hydrogen (secondary N) is 1. The Morgan fingerprint density at radius 2 is 2.22 bits per heavy atom. The van der Waals surface area contributed by atoms with Crippen molar-refractivity contribution in [3.8, 4) is 0 Å². The minimum Gasteiger partial charge on any atom is -0.369 e. The van der Waals surface area contributed by atoms with E-state index in [1.54, 1.807) is 6.20 Å². The van der Waals surface area contributed by atoms with Gasteiger partial charge in [-0.15, -0.1) is 0 Å². The van der Waals surface area contributed by atoms with Gasteiger partial charge in [0.15, 0.2) is 0 Å². The minimum atomic E-state index is 0.306. The van der Waals surface area contributed by atoms with Crippen molar-refractivity contribution in [3.63, 3.8) is 0 Å². The largest absolute Gasteiger partial charge is 0.369 e. The Balaban J connectivity index is 1.76. The molecule has 5 nitrogen and oxygen atoms in total. The van der Waals surface area contributed by atoms with E-state index in [9.17, 15) is 0 Å². The molecule has 3 N–H and O–H groups in total. The third-order valence-electron chi connectivity index (χ3n) is 3.45. The quantitative estimate of drug-likeness (QED) is 0.889. The molecule has 0 atom stereocenters. The Hall–Kier alpha value is -0.880. The van der Waals surface area contributed by atoms with E-state index in [1.807, 2.05) is 0 Å². The lowest BCUT2D eigenvalue weighted by Gasteiger charge is -2.28. The molecular weight excluding hydrogens is 294 g/mol. The van der Waals surface area contributed by atoms with E-state index >= 15 is 0 Å². The SMILES string of the molecule is CN1CCC(CCNc2nc(N)ncc2Br)CC1. The molecule has 18 heavy (non-hydrogen) atoms. The van der Waals surface area contributed by atoms with Crippen LogP contribution in [-0.4, -0.2) is 41.5 Å². The minimum absolute atomic E-state index is 0.306. The van der Waals surface area contributed by atoms with Crippen molar-refractivity contribution < 1.29 is 0 Å². The molecule has 1 aromatic rings. The van der Waals surface area contributed by atoms with E-state index < -0.39 is 0 Å². The van der Waals surface area contributed by atoms with Crippen LogP contribution in [-0.2, 0) is 0 Å². The first-order chi connectivity index (χ1) is 8.65. The maximum Gasteiger partial charge on any atom is 0.221 e. The van der Waals surface area contributed by atoms with Gasteiger partial charge in [0, 0.05) is 12.7 Å². The van der Waals surface area contributed by atoms with E-state index in [-0.39, 0.29) is 0 Å². The lowest BCUT2D eigenvalue weighted by molar-refractivity contribution is 0.215. The molecule has 0 saturated carbocycles. The van der Waals surface area contributed by atoms with E-state index in [1.165, 1.54) is 32.4 Å². The highest BCUT2D eigenvalue weighted by molar-refractivity contribution is 9.10. The van der Waals surface area contributed by atoms with Crippen LogP contribution in [0.2, 0.25) is 0 Å². The number of aromatic nitrogens is 2. The van der Waals surface area contributed by atoms with Crippen molar-refractivity contribution in [1.29, 1.82) is 0 Å². The van der Waals surface area contributed by atoms with Gasteiger partial charge in [0.25, 0.3) is 0 Å². The topological polar surface area (TPSA) is 67.1 Å². The predicted molar refractivity (Wildman–Crippen MR) is 77.5 cm³/mol. The Morgan fingerprint density at radius 1 is 1.50 bits per heavy atom. The summed E-state index contributed by atoms with van der Waals surface area (Å²) in [4.78, 5) is 10.5. The van der Waals surface area contributed by atoms with Gasteiger partial charge in [0.2, 0.25) is 5.95 Å². The Kier molecular flexibility index (Phi) is 4.77. The molecule has 0 radical (unpaired) electrons. The average Bonchev–Trinajstić information content (AvgIpc) is 2.36. The molecule has 0 spiro atoms. The highest BCUT2D eigenvalue weighted by atomic mass is 79.9. The lowest BCUT2D eigenvalue weighted by atomic mass is 9.94. The zero-order valence-electron chi connectivity index (χ0n) is 10.7. The molecule has 2 rings (SSSR count). The molecule has 100 valence electrons. The number of hydrogen-bond donors (Lipinski definition) is 2. The van der Waals surface area contributed by atoms with E-state index in [0.29, 0.717) is 5.95 Å². The van der Waals surface area contributed by atoms with Crippen LogP contribution in [0.4, 0.5) is 11.8 Å². The monoisotopic (exact) mass is 313 g/mol. The second-order valence-electron chi connectivity index (χ2n) is 4.89. The molecule has 1 aliphatic rings. The first kappa shape index (κ1) is 13.5. The highest BCUT2D eigenvalue weighted by Gasteiger charge is 2.16. The summed E-state index contributed by atoms with van der Waals surface area (Å²) in [5.74, 6) is 1.92. The zero-order chi connectivity index (χ0) is 13.0. The van der Waals surface area contributed by atoms with Crippen molar-refractivity contribution in [2.45, 2.75) is 19.3 Å². The van der Waals surface area contributed by atoms with Crippen LogP contribution in [0.1, 0.15) is 19.3 Å². The smallest absolute Gasteiger partial charge is 0.221 e. The van der Waals surface area contributed by atoms with E-state index in [2.05, 4.69) is 43.2 Å². The number of halogens is 1. The van der Waals surface area contributed by atoms with Gasteiger partial charge in [-0.2, -0.15) is 4.98 Å². The molecule has 1 aliphatic heterocycles. The first-order valence-electron chi connectivity index (χ1n) is 6.35. The van der Waals surface area contributed by atoms with Crippen molar-refractivity contribution in [2.24, 2.45) is 5.92 Å². The number of anilines is 2. The van der Waals surface area contributed by atoms with Crippen LogP contribution in [0.3, 0.4) is 0 Å². The van der Waals surface area contributed by atoms with Gasteiger partial charge >= 0.3 is 0 Å². The highest BCUT2D eigenvalue weighted by Crippen LogP contribution is 2.22. The number of nitrogen functional groups attached to an aromatic ring is 1. The maximum absolute atomic E-state index is 5.57. The predicted octanol–water partition coefficient (Wildman–Crippen LogP) is 1.97. The fourth-order valence-electron chi connectivity index (χ4n) is 2.25. The second kappa shape index (κ2) is 6.33. The summed E-state index contributed by atoms with van der Waals surface area (Å²) in [6, 6.07) is 0. The number of nitrogens with two attached hydrogens (primary N) is 1. The molecule has 0 bridgehead atoms. The van der Waals surface area contributed by atoms with E-state index in [4.69, 9.17) is 5.73 Å². The third-order valence-corrected chi connectivity index (χ3v) is 4.03. The second-order valence-corrected chi connectivity index (χ2v) is 5.74. The first-order valence-corrected chi connectivity index (χ1v) is 7.15. The zero-order valence-corrected chi connectivity index (χ0v) is 12.3. The van der Waals surface area contributed by atoms with E-state index in [0.717, 1.165) is 22.8 Å². The van der Waals surface area contributed by atoms with Gasteiger partial charge in [-0.25, -0.2) is 4.98 Å². The molecular formula is C12H20BrN5. The Morgan fingerprint density at radius 3 is 2.94 bits per heavy atom. The molecule has 1 saturated heterocycles. The van der Waals surface area contributed by atoms with Gasteiger partial charge in [0.05, 0.1) is 4.47 Å². The van der Waals surface area contributed by atoms with Crippen molar-refractivity contribution in [2.75, 3.05) is 37.7 Å². The van der Waals surface area contributed by atoms with Crippen LogP contribution in [0, 0.1) is 5.92 Å². The van der Waals surface area contributed by atoms with Gasteiger partial charge in [-0.1, -0.05) is 0 Å². The molecule has 0 aliphatic carbocycles. The Bertz CT molecular complexity index is 390. The summed E-state index contributed by atoms with van der Waals surface area (Å²) in [5.41, 5.74) is 5.57. The number of nitrogens with zero attached hydrogens (tertiary/aromatic N) is 3. The van der Waals surface area contributed by atoms with Crippen LogP contribution < -0.4 is 11.1 Å². The summed E-state index contributed by atoms with van der Waals surface area (Å²) in [6.07, 6.45) is 5.46. The number of hydrogen-bond acceptors (Lipinski definition) is 5. The summed E-state index contributed by atoms with van der Waals surface area (Å²) < 4.78 is 0.861. The number of piperidine rings is 1. The fourth-order valence-corrected chi connectivity index (χ4v) is 2.58. The average molecular weight is 314 g/mol. The molecule has 1 aromatic heterocycles. The summed E-state index contributed by atoms with van der Waals surface area (Å²) in [7, 11) is 2.19. The maximum atomic E-state index is 5.57. The third kappa shape index (κ3) is 3.81. The molecule has 0 unspecified atom stereocenters. The molecule has 2 heterocycles. The van der Waals surface area contributed by atoms with Crippen LogP contribution >= 0.6 is 15.9 Å². The fraction of sp³-hybridized carbons (Fsp3) is 0.667. The van der Waals surface area contributed by atoms with Crippen LogP contribution in [0.15, 0.2) is 10.7 Å². The van der Waals surface area contributed by atoms with Crippen molar-refractivity contribution in [1.82, 2.24) is 14.9 Å². The normalized spacial score (nSPS) is 17.9. The van der Waals surface area contributed by atoms with Gasteiger partial charge < -0.3 is 16.0 Å². The molecule has 0 aromatic carbocycles. The summed E-state index contributed by atoms with van der Waals surface area (Å²) in [5, 5.41) is 3.32.